The number of aryl methyl sites for hydroxylation is 1. The number of fused-ring (bicyclic) bond motifs is 2. The first-order valence-corrected chi connectivity index (χ1v) is 10.5. The molecule has 0 aliphatic carbocycles. The van der Waals surface area contributed by atoms with Gasteiger partial charge in [-0.05, 0) is 42.3 Å². The van der Waals surface area contributed by atoms with Crippen LogP contribution in [0.25, 0.3) is 16.3 Å². The molecule has 1 aliphatic rings. The molecular formula is C23H18N4O2S. The van der Waals surface area contributed by atoms with Gasteiger partial charge in [0.2, 0.25) is 0 Å². The zero-order valence-corrected chi connectivity index (χ0v) is 16.9. The molecule has 0 spiro atoms. The zero-order valence-electron chi connectivity index (χ0n) is 16.1. The highest BCUT2D eigenvalue weighted by atomic mass is 32.1. The van der Waals surface area contributed by atoms with Gasteiger partial charge in [-0.2, -0.15) is 0 Å². The minimum Gasteiger partial charge on any atom is -0.322 e. The van der Waals surface area contributed by atoms with Crippen molar-refractivity contribution in [2.24, 2.45) is 0 Å². The highest BCUT2D eigenvalue weighted by Crippen LogP contribution is 2.35. The summed E-state index contributed by atoms with van der Waals surface area (Å²) >= 11 is 1.73. The van der Waals surface area contributed by atoms with E-state index < -0.39 is 0 Å². The number of anilines is 2. The third kappa shape index (κ3) is 3.55. The van der Waals surface area contributed by atoms with E-state index in [4.69, 9.17) is 4.98 Å². The second kappa shape index (κ2) is 7.68. The molecule has 7 heteroatoms. The second-order valence-corrected chi connectivity index (χ2v) is 8.27. The number of non-ortho nitro benzene ring substituents is 1. The maximum Gasteiger partial charge on any atom is 0.271 e. The summed E-state index contributed by atoms with van der Waals surface area (Å²) in [6.45, 7) is 0.649. The molecule has 2 aromatic carbocycles. The van der Waals surface area contributed by atoms with E-state index in [9.17, 15) is 10.1 Å². The molecule has 0 amide bonds. The van der Waals surface area contributed by atoms with Gasteiger partial charge in [0.25, 0.3) is 5.69 Å². The van der Waals surface area contributed by atoms with Crippen LogP contribution in [-0.2, 0) is 6.42 Å². The normalized spacial score (nSPS) is 13.2. The van der Waals surface area contributed by atoms with Gasteiger partial charge in [0.05, 0.1) is 20.1 Å². The number of nitro benzene ring substituents is 1. The van der Waals surface area contributed by atoms with Gasteiger partial charge in [-0.1, -0.05) is 24.3 Å². The van der Waals surface area contributed by atoms with E-state index >= 15 is 0 Å². The third-order valence-electron chi connectivity index (χ3n) is 5.14. The van der Waals surface area contributed by atoms with Crippen LogP contribution in [-0.4, -0.2) is 21.4 Å². The molecule has 0 fully saturated rings. The number of pyridine rings is 1. The first-order valence-electron chi connectivity index (χ1n) is 9.68. The second-order valence-electron chi connectivity index (χ2n) is 7.16. The Morgan fingerprint density at radius 1 is 1.07 bits per heavy atom. The lowest BCUT2D eigenvalue weighted by atomic mass is 10.0. The van der Waals surface area contributed by atoms with E-state index in [1.165, 1.54) is 16.3 Å². The third-order valence-corrected chi connectivity index (χ3v) is 6.24. The smallest absolute Gasteiger partial charge is 0.271 e. The van der Waals surface area contributed by atoms with Gasteiger partial charge in [0.15, 0.2) is 0 Å². The van der Waals surface area contributed by atoms with Crippen molar-refractivity contribution in [1.29, 1.82) is 0 Å². The van der Waals surface area contributed by atoms with Crippen molar-refractivity contribution >= 4 is 44.8 Å². The van der Waals surface area contributed by atoms with E-state index in [2.05, 4.69) is 22.0 Å². The van der Waals surface area contributed by atoms with Crippen molar-refractivity contribution in [3.05, 3.63) is 93.1 Å². The Hall–Kier alpha value is -3.58. The summed E-state index contributed by atoms with van der Waals surface area (Å²) in [7, 11) is 0. The average Bonchev–Trinajstić information content (AvgIpc) is 3.20. The van der Waals surface area contributed by atoms with Crippen molar-refractivity contribution in [3.8, 4) is 0 Å². The Morgan fingerprint density at radius 3 is 2.83 bits per heavy atom. The minimum absolute atomic E-state index is 0.0792. The fourth-order valence-electron chi connectivity index (χ4n) is 3.72. The van der Waals surface area contributed by atoms with Crippen molar-refractivity contribution in [3.63, 3.8) is 0 Å². The number of hydrogen-bond acceptors (Lipinski definition) is 6. The Kier molecular flexibility index (Phi) is 4.72. The molecule has 30 heavy (non-hydrogen) atoms. The first kappa shape index (κ1) is 18.4. The maximum atomic E-state index is 11.2. The fraction of sp³-hybridized carbons (Fsp3) is 0.130. The van der Waals surface area contributed by atoms with E-state index in [-0.39, 0.29) is 10.6 Å². The highest BCUT2D eigenvalue weighted by molar-refractivity contribution is 7.18. The minimum atomic E-state index is -0.364. The van der Waals surface area contributed by atoms with Gasteiger partial charge in [0.1, 0.15) is 5.82 Å². The van der Waals surface area contributed by atoms with Crippen LogP contribution >= 0.6 is 11.3 Å². The predicted molar refractivity (Wildman–Crippen MR) is 120 cm³/mol. The number of hydrogen-bond donors (Lipinski definition) is 0. The van der Waals surface area contributed by atoms with Crippen molar-refractivity contribution in [1.82, 2.24) is 9.97 Å². The molecule has 0 bridgehead atoms. The SMILES string of the molecule is O=[N+]([O-])c1cccc(N2CC(CCc3nc4ccccc4s3)=Cc3cccnc32)c1. The molecule has 0 unspecified atom stereocenters. The number of nitrogens with zero attached hydrogens (tertiary/aromatic N) is 4. The van der Waals surface area contributed by atoms with Crippen molar-refractivity contribution < 1.29 is 4.92 Å². The summed E-state index contributed by atoms with van der Waals surface area (Å²) in [6.07, 6.45) is 5.68. The Morgan fingerprint density at radius 2 is 1.97 bits per heavy atom. The molecule has 4 aromatic rings. The van der Waals surface area contributed by atoms with Crippen molar-refractivity contribution in [2.75, 3.05) is 11.4 Å². The molecule has 0 atom stereocenters. The zero-order chi connectivity index (χ0) is 20.5. The number of rotatable bonds is 5. The van der Waals surface area contributed by atoms with Crippen LogP contribution in [0, 0.1) is 10.1 Å². The fourth-order valence-corrected chi connectivity index (χ4v) is 4.69. The van der Waals surface area contributed by atoms with E-state index in [0.29, 0.717) is 6.54 Å². The Balaban J connectivity index is 1.43. The number of para-hydroxylation sites is 1. The van der Waals surface area contributed by atoms with Gasteiger partial charge in [-0.3, -0.25) is 10.1 Å². The standard InChI is InChI=1S/C23H18N4O2S/c28-27(29)19-7-3-6-18(14-19)26-15-16(13-17-5-4-12-24-23(17)26)10-11-22-25-20-8-1-2-9-21(20)30-22/h1-9,12-14H,10-11,15H2. The lowest BCUT2D eigenvalue weighted by Gasteiger charge is -2.30. The number of thiazole rings is 1. The van der Waals surface area contributed by atoms with Gasteiger partial charge in [0, 0.05) is 42.5 Å². The van der Waals surface area contributed by atoms with Crippen LogP contribution in [0.2, 0.25) is 0 Å². The topological polar surface area (TPSA) is 72.2 Å². The van der Waals surface area contributed by atoms with Gasteiger partial charge >= 0.3 is 0 Å². The van der Waals surface area contributed by atoms with Gasteiger partial charge < -0.3 is 4.90 Å². The number of nitro groups is 1. The molecule has 2 aromatic heterocycles. The summed E-state index contributed by atoms with van der Waals surface area (Å²) in [5.41, 5.74) is 4.17. The molecule has 3 heterocycles. The maximum absolute atomic E-state index is 11.2. The molecule has 148 valence electrons. The van der Waals surface area contributed by atoms with Crippen LogP contribution < -0.4 is 4.90 Å². The molecule has 0 radical (unpaired) electrons. The summed E-state index contributed by atoms with van der Waals surface area (Å²) < 4.78 is 1.21. The number of benzene rings is 2. The molecule has 5 rings (SSSR count). The predicted octanol–water partition coefficient (Wildman–Crippen LogP) is 5.77. The highest BCUT2D eigenvalue weighted by Gasteiger charge is 2.22. The quantitative estimate of drug-likeness (QED) is 0.306. The molecule has 0 saturated carbocycles. The van der Waals surface area contributed by atoms with E-state index in [0.717, 1.165) is 40.4 Å². The summed E-state index contributed by atoms with van der Waals surface area (Å²) in [4.78, 5) is 22.2. The van der Waals surface area contributed by atoms with Crippen LogP contribution in [0.1, 0.15) is 17.0 Å². The molecular weight excluding hydrogens is 396 g/mol. The van der Waals surface area contributed by atoms with Gasteiger partial charge in [-0.25, -0.2) is 9.97 Å². The first-order chi connectivity index (χ1) is 14.7. The summed E-state index contributed by atoms with van der Waals surface area (Å²) in [5, 5.41) is 12.4. The van der Waals surface area contributed by atoms with Crippen molar-refractivity contribution in [2.45, 2.75) is 12.8 Å². The summed E-state index contributed by atoms with van der Waals surface area (Å²) in [5.74, 6) is 0.821. The lowest BCUT2D eigenvalue weighted by Crippen LogP contribution is -2.25. The van der Waals surface area contributed by atoms with Crippen LogP contribution in [0.3, 0.4) is 0 Å². The van der Waals surface area contributed by atoms with Gasteiger partial charge in [-0.15, -0.1) is 11.3 Å². The number of aromatic nitrogens is 2. The largest absolute Gasteiger partial charge is 0.322 e. The molecule has 0 N–H and O–H groups in total. The Labute approximate surface area is 177 Å². The monoisotopic (exact) mass is 414 g/mol. The van der Waals surface area contributed by atoms with E-state index in [1.807, 2.05) is 36.4 Å². The molecule has 6 nitrogen and oxygen atoms in total. The molecule has 0 saturated heterocycles. The van der Waals surface area contributed by atoms with Crippen LogP contribution in [0.15, 0.2) is 72.4 Å². The Bertz CT molecular complexity index is 1250. The van der Waals surface area contributed by atoms with E-state index in [1.54, 1.807) is 29.7 Å². The average molecular weight is 414 g/mol. The lowest BCUT2D eigenvalue weighted by molar-refractivity contribution is -0.384. The van der Waals surface area contributed by atoms with Crippen LogP contribution in [0.4, 0.5) is 17.2 Å². The molecule has 1 aliphatic heterocycles. The summed E-state index contributed by atoms with van der Waals surface area (Å²) in [6, 6.07) is 18.9. The van der Waals surface area contributed by atoms with Crippen LogP contribution in [0.5, 0.6) is 0 Å².